The molecule has 4 nitrogen and oxygen atoms in total. The lowest BCUT2D eigenvalue weighted by Crippen LogP contribution is -2.16. The second kappa shape index (κ2) is 7.31. The lowest BCUT2D eigenvalue weighted by Gasteiger charge is -2.09. The fourth-order valence-corrected chi connectivity index (χ4v) is 2.76. The van der Waals surface area contributed by atoms with E-state index in [-0.39, 0.29) is 5.69 Å². The number of anilines is 1. The largest absolute Gasteiger partial charge is 0.341 e. The van der Waals surface area contributed by atoms with Crippen LogP contribution in [0, 0.1) is 5.82 Å². The van der Waals surface area contributed by atoms with Crippen molar-refractivity contribution in [2.24, 2.45) is 0 Å². The van der Waals surface area contributed by atoms with E-state index in [2.05, 4.69) is 5.32 Å². The molecule has 0 spiro atoms. The molecule has 8 heteroatoms. The van der Waals surface area contributed by atoms with Crippen LogP contribution in [-0.4, -0.2) is 20.1 Å². The summed E-state index contributed by atoms with van der Waals surface area (Å²) in [7, 11) is -4.85. The van der Waals surface area contributed by atoms with Gasteiger partial charge in [0.15, 0.2) is 0 Å². The quantitative estimate of drug-likeness (QED) is 0.836. The molecule has 0 saturated heterocycles. The summed E-state index contributed by atoms with van der Waals surface area (Å²) in [5.41, 5.74) is 0.158. The third-order valence-corrected chi connectivity index (χ3v) is 4.40. The van der Waals surface area contributed by atoms with Gasteiger partial charge in [0.2, 0.25) is 15.7 Å². The van der Waals surface area contributed by atoms with E-state index in [0.29, 0.717) is 5.56 Å². The Kier molecular flexibility index (Phi) is 5.40. The molecule has 0 aliphatic rings. The molecule has 2 rings (SSSR count). The fourth-order valence-electron chi connectivity index (χ4n) is 1.87. The molecule has 2 aromatic rings. The van der Waals surface area contributed by atoms with Crippen molar-refractivity contribution >= 4 is 27.5 Å². The Morgan fingerprint density at radius 2 is 1.79 bits per heavy atom. The zero-order chi connectivity index (χ0) is 17.7. The summed E-state index contributed by atoms with van der Waals surface area (Å²) in [5, 5.41) is 2.22. The van der Waals surface area contributed by atoms with E-state index in [1.807, 2.05) is 0 Å². The normalized spacial score (nSPS) is 11.8. The van der Waals surface area contributed by atoms with Crippen molar-refractivity contribution in [1.82, 2.24) is 0 Å². The van der Waals surface area contributed by atoms with Gasteiger partial charge in [0, 0.05) is 6.08 Å². The number of rotatable bonds is 5. The number of benzene rings is 2. The van der Waals surface area contributed by atoms with Gasteiger partial charge in [-0.25, -0.2) is 12.8 Å². The number of halogens is 3. The smallest absolute Gasteiger partial charge is 0.321 e. The molecule has 126 valence electrons. The minimum atomic E-state index is -4.85. The summed E-state index contributed by atoms with van der Waals surface area (Å²) in [6.07, 6.45) is 2.35. The number of hydrogen-bond acceptors (Lipinski definition) is 3. The van der Waals surface area contributed by atoms with Crippen molar-refractivity contribution < 1.29 is 26.4 Å². The van der Waals surface area contributed by atoms with Gasteiger partial charge in [-0.05, 0) is 35.9 Å². The third kappa shape index (κ3) is 4.23. The highest BCUT2D eigenvalue weighted by atomic mass is 32.2. The third-order valence-electron chi connectivity index (χ3n) is 2.96. The lowest BCUT2D eigenvalue weighted by molar-refractivity contribution is -0.111. The van der Waals surface area contributed by atoms with E-state index >= 15 is 0 Å². The molecule has 1 N–H and O–H groups in total. The van der Waals surface area contributed by atoms with Crippen molar-refractivity contribution in [2.45, 2.75) is 10.7 Å². The van der Waals surface area contributed by atoms with Crippen LogP contribution in [-0.2, 0) is 14.6 Å². The minimum Gasteiger partial charge on any atom is -0.321 e. The fraction of sp³-hybridized carbons (Fsp3) is 0.0625. The van der Waals surface area contributed by atoms with Crippen LogP contribution in [0.15, 0.2) is 59.5 Å². The lowest BCUT2D eigenvalue weighted by atomic mass is 10.2. The molecule has 0 radical (unpaired) electrons. The minimum absolute atomic E-state index is 0.258. The Balaban J connectivity index is 2.21. The van der Waals surface area contributed by atoms with Crippen LogP contribution >= 0.6 is 0 Å². The molecular formula is C16H12F3NO3S. The summed E-state index contributed by atoms with van der Waals surface area (Å²) in [6, 6.07) is 10.3. The van der Waals surface area contributed by atoms with Crippen molar-refractivity contribution in [3.63, 3.8) is 0 Å². The topological polar surface area (TPSA) is 63.2 Å². The number of amides is 1. The number of sulfone groups is 1. The summed E-state index contributed by atoms with van der Waals surface area (Å²) in [5.74, 6) is -4.82. The van der Waals surface area contributed by atoms with Gasteiger partial charge >= 0.3 is 5.76 Å². The van der Waals surface area contributed by atoms with Crippen LogP contribution in [0.5, 0.6) is 0 Å². The average molecular weight is 355 g/mol. The highest BCUT2D eigenvalue weighted by molar-refractivity contribution is 7.91. The Morgan fingerprint density at radius 1 is 1.08 bits per heavy atom. The van der Waals surface area contributed by atoms with Crippen LogP contribution in [0.2, 0.25) is 0 Å². The van der Waals surface area contributed by atoms with Crippen LogP contribution in [0.4, 0.5) is 18.9 Å². The molecule has 0 bridgehead atoms. The highest BCUT2D eigenvalue weighted by Gasteiger charge is 2.29. The second-order valence-corrected chi connectivity index (χ2v) is 6.57. The molecule has 0 aliphatic carbocycles. The maximum atomic E-state index is 13.0. The van der Waals surface area contributed by atoms with E-state index in [0.717, 1.165) is 12.1 Å². The van der Waals surface area contributed by atoms with Gasteiger partial charge in [-0.2, -0.15) is 8.78 Å². The van der Waals surface area contributed by atoms with E-state index in [9.17, 15) is 26.4 Å². The van der Waals surface area contributed by atoms with Gasteiger partial charge in [-0.15, -0.1) is 0 Å². The maximum absolute atomic E-state index is 13.0. The van der Waals surface area contributed by atoms with Crippen molar-refractivity contribution in [3.8, 4) is 0 Å². The number of para-hydroxylation sites is 1. The van der Waals surface area contributed by atoms with Gasteiger partial charge in [0.1, 0.15) is 5.82 Å². The predicted molar refractivity (Wildman–Crippen MR) is 83.7 cm³/mol. The van der Waals surface area contributed by atoms with Crippen LogP contribution in [0.3, 0.4) is 0 Å². The molecule has 0 fully saturated rings. The first-order valence-electron chi connectivity index (χ1n) is 6.66. The second-order valence-electron chi connectivity index (χ2n) is 4.68. The first kappa shape index (κ1) is 17.7. The molecule has 0 saturated carbocycles. The molecular weight excluding hydrogens is 343 g/mol. The van der Waals surface area contributed by atoms with Crippen molar-refractivity contribution in [2.75, 3.05) is 5.32 Å². The maximum Gasteiger partial charge on any atom is 0.341 e. The molecule has 2 aromatic carbocycles. The monoisotopic (exact) mass is 355 g/mol. The van der Waals surface area contributed by atoms with Crippen molar-refractivity contribution in [3.05, 3.63) is 66.0 Å². The van der Waals surface area contributed by atoms with Gasteiger partial charge in [-0.3, -0.25) is 4.79 Å². The van der Waals surface area contributed by atoms with E-state index in [1.165, 1.54) is 42.5 Å². The summed E-state index contributed by atoms with van der Waals surface area (Å²) in [6.45, 7) is 0. The molecule has 1 amide bonds. The summed E-state index contributed by atoms with van der Waals surface area (Å²) in [4.78, 5) is 11.2. The van der Waals surface area contributed by atoms with Crippen LogP contribution in [0.25, 0.3) is 6.08 Å². The highest BCUT2D eigenvalue weighted by Crippen LogP contribution is 2.26. The average Bonchev–Trinajstić information content (AvgIpc) is 2.53. The number of hydrogen-bond donors (Lipinski definition) is 1. The number of nitrogens with one attached hydrogen (secondary N) is 1. The van der Waals surface area contributed by atoms with E-state index in [1.54, 1.807) is 6.07 Å². The van der Waals surface area contributed by atoms with Crippen molar-refractivity contribution in [1.29, 1.82) is 0 Å². The summed E-state index contributed by atoms with van der Waals surface area (Å²) < 4.78 is 61.6. The number of carbonyl (C=O) groups excluding carboxylic acids is 1. The molecule has 0 atom stereocenters. The van der Waals surface area contributed by atoms with Crippen LogP contribution in [0.1, 0.15) is 5.56 Å². The van der Waals surface area contributed by atoms with E-state index < -0.39 is 32.2 Å². The Morgan fingerprint density at radius 3 is 2.46 bits per heavy atom. The SMILES string of the molecule is O=C(/C=C/c1cccc(F)c1)Nc1ccccc1S(=O)(=O)C(F)F. The first-order chi connectivity index (χ1) is 11.3. The first-order valence-corrected chi connectivity index (χ1v) is 8.21. The predicted octanol–water partition coefficient (Wildman–Crippen LogP) is 3.47. The van der Waals surface area contributed by atoms with Gasteiger partial charge in [0.05, 0.1) is 10.6 Å². The Hall–Kier alpha value is -2.61. The van der Waals surface area contributed by atoms with Gasteiger partial charge in [-0.1, -0.05) is 24.3 Å². The van der Waals surface area contributed by atoms with Gasteiger partial charge < -0.3 is 5.32 Å². The molecule has 24 heavy (non-hydrogen) atoms. The number of carbonyl (C=O) groups is 1. The molecule has 0 aliphatic heterocycles. The zero-order valence-electron chi connectivity index (χ0n) is 12.1. The van der Waals surface area contributed by atoms with Crippen LogP contribution < -0.4 is 5.32 Å². The molecule has 0 unspecified atom stereocenters. The Labute approximate surface area is 136 Å². The molecule has 0 aromatic heterocycles. The number of alkyl halides is 2. The van der Waals surface area contributed by atoms with Gasteiger partial charge in [0.25, 0.3) is 0 Å². The Bertz CT molecular complexity index is 880. The standard InChI is InChI=1S/C16H12F3NO3S/c17-12-5-3-4-11(10-12)8-9-15(21)20-13-6-1-2-7-14(13)24(22,23)16(18)19/h1-10,16H,(H,20,21)/b9-8+. The molecule has 0 heterocycles. The zero-order valence-corrected chi connectivity index (χ0v) is 12.9. The summed E-state index contributed by atoms with van der Waals surface area (Å²) >= 11 is 0. The van der Waals surface area contributed by atoms with E-state index in [4.69, 9.17) is 0 Å².